The van der Waals surface area contributed by atoms with Gasteiger partial charge in [0, 0.05) is 17.5 Å². The third-order valence-corrected chi connectivity index (χ3v) is 6.26. The van der Waals surface area contributed by atoms with Crippen LogP contribution in [0.3, 0.4) is 0 Å². The van der Waals surface area contributed by atoms with Crippen LogP contribution in [-0.4, -0.2) is 4.93 Å². The number of fused-ring (bicyclic) bond motifs is 3. The molecule has 1 aliphatic heterocycles. The van der Waals surface area contributed by atoms with Crippen LogP contribution in [0.15, 0.2) is 0 Å². The zero-order valence-electron chi connectivity index (χ0n) is 8.02. The summed E-state index contributed by atoms with van der Waals surface area (Å²) < 4.78 is 5.65. The molecule has 2 aliphatic carbocycles. The van der Waals surface area contributed by atoms with E-state index in [-0.39, 0.29) is 4.93 Å². The van der Waals surface area contributed by atoms with E-state index in [0.29, 0.717) is 10.8 Å². The van der Waals surface area contributed by atoms with Crippen molar-refractivity contribution in [2.24, 2.45) is 16.7 Å². The molecule has 0 aromatic carbocycles. The fraction of sp³-hybridized carbons (Fsp3) is 1.00. The van der Waals surface area contributed by atoms with Crippen molar-refractivity contribution in [1.82, 2.24) is 0 Å². The van der Waals surface area contributed by atoms with Crippen molar-refractivity contribution in [1.29, 1.82) is 0 Å². The van der Waals surface area contributed by atoms with E-state index in [9.17, 15) is 0 Å². The first-order valence-electron chi connectivity index (χ1n) is 4.89. The molecule has 1 heterocycles. The first kappa shape index (κ1) is 7.69. The Labute approximate surface area is 78.5 Å². The molecule has 3 fully saturated rings. The number of rotatable bonds is 0. The second kappa shape index (κ2) is 1.74. The molecule has 68 valence electrons. The van der Waals surface area contributed by atoms with Gasteiger partial charge in [-0.25, -0.2) is 0 Å². The fourth-order valence-corrected chi connectivity index (χ4v) is 4.66. The van der Waals surface area contributed by atoms with Crippen LogP contribution in [0.1, 0.15) is 40.0 Å². The van der Waals surface area contributed by atoms with Crippen LogP contribution in [0.4, 0.5) is 0 Å². The van der Waals surface area contributed by atoms with Crippen LogP contribution in [0.2, 0.25) is 0 Å². The minimum Gasteiger partial charge on any atom is -0.292 e. The topological polar surface area (TPSA) is 12.5 Å². The summed E-state index contributed by atoms with van der Waals surface area (Å²) in [5, 5.41) is 0. The predicted octanol–water partition coefficient (Wildman–Crippen LogP) is 3.21. The molecule has 1 spiro atoms. The minimum absolute atomic E-state index is 0.249. The van der Waals surface area contributed by atoms with Crippen molar-refractivity contribution < 1.29 is 4.18 Å². The second-order valence-electron chi connectivity index (χ2n) is 5.41. The Balaban J connectivity index is 2.12. The van der Waals surface area contributed by atoms with Gasteiger partial charge in [0.25, 0.3) is 0 Å². The van der Waals surface area contributed by atoms with Crippen molar-refractivity contribution in [2.45, 2.75) is 45.0 Å². The zero-order valence-corrected chi connectivity index (χ0v) is 8.83. The highest BCUT2D eigenvalue weighted by molar-refractivity contribution is 8.01. The Morgan fingerprint density at radius 1 is 1.33 bits per heavy atom. The maximum absolute atomic E-state index is 5.65. The van der Waals surface area contributed by atoms with Crippen LogP contribution >= 0.6 is 12.0 Å². The second-order valence-corrected chi connectivity index (χ2v) is 6.41. The molecule has 2 saturated carbocycles. The SMILES string of the molecule is CC1(C)C2CCC1(C)C1(C2)OS1. The lowest BCUT2D eigenvalue weighted by atomic mass is 9.70. The van der Waals surface area contributed by atoms with Crippen molar-refractivity contribution in [3.63, 3.8) is 0 Å². The number of hydrogen-bond acceptors (Lipinski definition) is 2. The molecule has 3 rings (SSSR count). The van der Waals surface area contributed by atoms with Crippen LogP contribution in [0.5, 0.6) is 0 Å². The maximum Gasteiger partial charge on any atom is 0.160 e. The van der Waals surface area contributed by atoms with Gasteiger partial charge >= 0.3 is 0 Å². The van der Waals surface area contributed by atoms with E-state index < -0.39 is 0 Å². The van der Waals surface area contributed by atoms with Gasteiger partial charge in [0.2, 0.25) is 0 Å². The quantitative estimate of drug-likeness (QED) is 0.423. The molecular formula is C10H16OS. The fourth-order valence-electron chi connectivity index (χ4n) is 3.49. The van der Waals surface area contributed by atoms with E-state index in [4.69, 9.17) is 4.18 Å². The molecule has 12 heavy (non-hydrogen) atoms. The molecule has 3 atom stereocenters. The molecule has 0 aromatic heterocycles. The van der Waals surface area contributed by atoms with Crippen LogP contribution in [0, 0.1) is 16.7 Å². The Hall–Kier alpha value is 0.310. The Kier molecular flexibility index (Phi) is 1.11. The van der Waals surface area contributed by atoms with Crippen LogP contribution in [-0.2, 0) is 4.18 Å². The average molecular weight is 184 g/mol. The lowest BCUT2D eigenvalue weighted by Gasteiger charge is -2.36. The first-order chi connectivity index (χ1) is 5.52. The van der Waals surface area contributed by atoms with Crippen LogP contribution < -0.4 is 0 Å². The van der Waals surface area contributed by atoms with Gasteiger partial charge in [0.15, 0.2) is 4.93 Å². The lowest BCUT2D eigenvalue weighted by Crippen LogP contribution is -2.36. The van der Waals surface area contributed by atoms with Crippen LogP contribution in [0.25, 0.3) is 0 Å². The van der Waals surface area contributed by atoms with E-state index in [1.165, 1.54) is 19.3 Å². The Bertz CT molecular complexity index is 244. The van der Waals surface area contributed by atoms with E-state index in [1.807, 2.05) is 0 Å². The van der Waals surface area contributed by atoms with Crippen molar-refractivity contribution >= 4 is 12.0 Å². The molecule has 2 heteroatoms. The third kappa shape index (κ3) is 0.550. The Morgan fingerprint density at radius 2 is 2.00 bits per heavy atom. The predicted molar refractivity (Wildman–Crippen MR) is 50.6 cm³/mol. The minimum atomic E-state index is 0.249. The summed E-state index contributed by atoms with van der Waals surface area (Å²) in [7, 11) is 0. The molecule has 0 aromatic rings. The summed E-state index contributed by atoms with van der Waals surface area (Å²) in [6.07, 6.45) is 4.11. The largest absolute Gasteiger partial charge is 0.292 e. The van der Waals surface area contributed by atoms with Gasteiger partial charge in [0.1, 0.15) is 0 Å². The first-order valence-corrected chi connectivity index (χ1v) is 5.63. The van der Waals surface area contributed by atoms with Gasteiger partial charge in [-0.1, -0.05) is 20.8 Å². The molecular weight excluding hydrogens is 168 g/mol. The number of hydrogen-bond donors (Lipinski definition) is 0. The zero-order chi connectivity index (χ0) is 8.61. The summed E-state index contributed by atoms with van der Waals surface area (Å²) in [6.45, 7) is 7.29. The molecule has 0 amide bonds. The average Bonchev–Trinajstić information content (AvgIpc) is 2.69. The summed E-state index contributed by atoms with van der Waals surface area (Å²) in [6, 6.07) is 0. The van der Waals surface area contributed by atoms with Gasteiger partial charge in [0.05, 0.1) is 0 Å². The normalized spacial score (nSPS) is 59.8. The molecule has 3 unspecified atom stereocenters. The van der Waals surface area contributed by atoms with E-state index in [0.717, 1.165) is 5.92 Å². The highest BCUT2D eigenvalue weighted by atomic mass is 32.2. The summed E-state index contributed by atoms with van der Waals surface area (Å²) in [5.41, 5.74) is 0.964. The molecule has 0 N–H and O–H groups in total. The van der Waals surface area contributed by atoms with Crippen molar-refractivity contribution in [3.8, 4) is 0 Å². The summed E-state index contributed by atoms with van der Waals surface area (Å²) in [5.74, 6) is 0.914. The van der Waals surface area contributed by atoms with E-state index in [1.54, 1.807) is 12.0 Å². The molecule has 2 bridgehead atoms. The molecule has 0 radical (unpaired) electrons. The maximum atomic E-state index is 5.65. The summed E-state index contributed by atoms with van der Waals surface area (Å²) >= 11 is 1.74. The molecule has 1 saturated heterocycles. The highest BCUT2D eigenvalue weighted by Crippen LogP contribution is 2.80. The standard InChI is InChI=1S/C10H16OS/c1-8(2)7-4-5-9(8,3)10(6-7)11-12-10/h7H,4-6H2,1-3H3. The van der Waals surface area contributed by atoms with Gasteiger partial charge in [-0.3, -0.25) is 4.18 Å². The van der Waals surface area contributed by atoms with Crippen molar-refractivity contribution in [3.05, 3.63) is 0 Å². The van der Waals surface area contributed by atoms with E-state index in [2.05, 4.69) is 20.8 Å². The van der Waals surface area contributed by atoms with Gasteiger partial charge in [-0.2, -0.15) is 0 Å². The monoisotopic (exact) mass is 184 g/mol. The summed E-state index contributed by atoms with van der Waals surface area (Å²) in [4.78, 5) is 0.249. The highest BCUT2D eigenvalue weighted by Gasteiger charge is 2.76. The smallest absolute Gasteiger partial charge is 0.160 e. The van der Waals surface area contributed by atoms with Gasteiger partial charge in [-0.05, 0) is 30.6 Å². The molecule has 1 nitrogen and oxygen atoms in total. The van der Waals surface area contributed by atoms with Gasteiger partial charge in [-0.15, -0.1) is 0 Å². The molecule has 3 aliphatic rings. The lowest BCUT2D eigenvalue weighted by molar-refractivity contribution is 0.0701. The van der Waals surface area contributed by atoms with Crippen molar-refractivity contribution in [2.75, 3.05) is 0 Å². The van der Waals surface area contributed by atoms with Gasteiger partial charge < -0.3 is 0 Å². The third-order valence-electron chi connectivity index (χ3n) is 5.08. The van der Waals surface area contributed by atoms with E-state index >= 15 is 0 Å². The Morgan fingerprint density at radius 3 is 2.25 bits per heavy atom.